The van der Waals surface area contributed by atoms with Gasteiger partial charge in [-0.1, -0.05) is 43.9 Å². The maximum atomic E-state index is 11.7. The summed E-state index contributed by atoms with van der Waals surface area (Å²) in [5, 5.41) is 19.2. The molecule has 0 spiro atoms. The molecular formula is C10H14N6OS2. The molecule has 19 heavy (non-hydrogen) atoms. The Bertz CT molecular complexity index is 545. The van der Waals surface area contributed by atoms with Crippen LogP contribution in [0.4, 0.5) is 5.13 Å². The van der Waals surface area contributed by atoms with Crippen molar-refractivity contribution in [1.82, 2.24) is 25.4 Å². The quantitative estimate of drug-likeness (QED) is 0.834. The zero-order valence-electron chi connectivity index (χ0n) is 10.8. The van der Waals surface area contributed by atoms with Gasteiger partial charge in [0.25, 0.3) is 0 Å². The summed E-state index contributed by atoms with van der Waals surface area (Å²) in [5.74, 6) is 0.109. The molecule has 2 aromatic rings. The van der Waals surface area contributed by atoms with Crippen molar-refractivity contribution in [2.24, 2.45) is 0 Å². The minimum Gasteiger partial charge on any atom is -0.300 e. The average Bonchev–Trinajstić information content (AvgIpc) is 2.95. The van der Waals surface area contributed by atoms with Crippen LogP contribution in [-0.4, -0.2) is 37.0 Å². The van der Waals surface area contributed by atoms with E-state index >= 15 is 0 Å². The highest BCUT2D eigenvalue weighted by molar-refractivity contribution is 7.99. The number of thioether (sulfide) groups is 1. The molecule has 0 aliphatic carbocycles. The molecule has 7 nitrogen and oxygen atoms in total. The molecule has 0 saturated carbocycles. The largest absolute Gasteiger partial charge is 0.300 e. The van der Waals surface area contributed by atoms with Gasteiger partial charge < -0.3 is 0 Å². The van der Waals surface area contributed by atoms with Gasteiger partial charge in [-0.3, -0.25) is 15.2 Å². The van der Waals surface area contributed by atoms with E-state index in [4.69, 9.17) is 0 Å². The topological polar surface area (TPSA) is 96.5 Å². The number of carbonyl (C=O) groups is 1. The van der Waals surface area contributed by atoms with E-state index in [1.165, 1.54) is 29.4 Å². The summed E-state index contributed by atoms with van der Waals surface area (Å²) < 4.78 is 0. The molecule has 0 atom stereocenters. The van der Waals surface area contributed by atoms with E-state index in [0.29, 0.717) is 10.3 Å². The minimum absolute atomic E-state index is 0.0603. The van der Waals surface area contributed by atoms with E-state index in [9.17, 15) is 4.79 Å². The molecule has 0 aliphatic heterocycles. The number of aromatic nitrogens is 5. The van der Waals surface area contributed by atoms with Crippen LogP contribution in [-0.2, 0) is 10.2 Å². The smallest absolute Gasteiger partial charge is 0.236 e. The minimum atomic E-state index is -0.141. The Morgan fingerprint density at radius 2 is 2.26 bits per heavy atom. The first-order valence-corrected chi connectivity index (χ1v) is 7.37. The fourth-order valence-corrected chi connectivity index (χ4v) is 2.53. The molecule has 2 aromatic heterocycles. The van der Waals surface area contributed by atoms with Crippen LogP contribution in [0.25, 0.3) is 0 Å². The van der Waals surface area contributed by atoms with E-state index in [1.54, 1.807) is 0 Å². The molecule has 9 heteroatoms. The summed E-state index contributed by atoms with van der Waals surface area (Å²) in [7, 11) is 0. The van der Waals surface area contributed by atoms with Gasteiger partial charge in [0.15, 0.2) is 5.16 Å². The summed E-state index contributed by atoms with van der Waals surface area (Å²) in [5.41, 5.74) is -0.0603. The second-order valence-electron chi connectivity index (χ2n) is 4.79. The highest BCUT2D eigenvalue weighted by Gasteiger charge is 2.20. The lowest BCUT2D eigenvalue weighted by atomic mass is 9.98. The number of aromatic amines is 1. The van der Waals surface area contributed by atoms with Crippen molar-refractivity contribution in [3.05, 3.63) is 11.3 Å². The zero-order valence-corrected chi connectivity index (χ0v) is 12.4. The lowest BCUT2D eigenvalue weighted by Crippen LogP contribution is -2.13. The molecule has 2 N–H and O–H groups in total. The molecule has 1 amide bonds. The summed E-state index contributed by atoms with van der Waals surface area (Å²) >= 11 is 2.67. The maximum Gasteiger partial charge on any atom is 0.236 e. The number of hydrogen-bond acceptors (Lipinski definition) is 7. The van der Waals surface area contributed by atoms with Gasteiger partial charge in [-0.25, -0.2) is 4.98 Å². The lowest BCUT2D eigenvalue weighted by Gasteiger charge is -2.12. The van der Waals surface area contributed by atoms with E-state index in [0.717, 1.165) is 5.01 Å². The van der Waals surface area contributed by atoms with Gasteiger partial charge in [-0.05, 0) is 0 Å². The second kappa shape index (κ2) is 5.66. The van der Waals surface area contributed by atoms with Crippen molar-refractivity contribution >= 4 is 34.1 Å². The molecule has 0 unspecified atom stereocenters. The van der Waals surface area contributed by atoms with Crippen LogP contribution in [0, 0.1) is 0 Å². The third-order valence-corrected chi connectivity index (χ3v) is 4.19. The summed E-state index contributed by atoms with van der Waals surface area (Å²) in [6.07, 6.45) is 1.40. The Morgan fingerprint density at radius 1 is 1.47 bits per heavy atom. The number of amides is 1. The molecule has 0 fully saturated rings. The Hall–Kier alpha value is -1.48. The van der Waals surface area contributed by atoms with E-state index in [1.807, 2.05) is 0 Å². The van der Waals surface area contributed by atoms with E-state index in [-0.39, 0.29) is 17.1 Å². The number of rotatable bonds is 4. The predicted octanol–water partition coefficient (Wildman–Crippen LogP) is 1.68. The predicted molar refractivity (Wildman–Crippen MR) is 74.3 cm³/mol. The summed E-state index contributed by atoms with van der Waals surface area (Å²) in [6.45, 7) is 6.16. The highest BCUT2D eigenvalue weighted by atomic mass is 32.2. The second-order valence-corrected chi connectivity index (χ2v) is 6.73. The highest BCUT2D eigenvalue weighted by Crippen LogP contribution is 2.27. The SMILES string of the molecule is CC(C)(C)c1nnc(NC(=O)CSc2ncn[nH]2)s1. The van der Waals surface area contributed by atoms with Crippen molar-refractivity contribution in [2.45, 2.75) is 31.3 Å². The molecule has 2 rings (SSSR count). The number of carbonyl (C=O) groups excluding carboxylic acids is 1. The zero-order chi connectivity index (χ0) is 13.9. The fraction of sp³-hybridized carbons (Fsp3) is 0.500. The van der Waals surface area contributed by atoms with Crippen molar-refractivity contribution in [3.63, 3.8) is 0 Å². The molecule has 0 saturated heterocycles. The van der Waals surface area contributed by atoms with Crippen LogP contribution in [0.15, 0.2) is 11.5 Å². The third-order valence-electron chi connectivity index (χ3n) is 2.05. The first-order valence-electron chi connectivity index (χ1n) is 5.57. The van der Waals surface area contributed by atoms with Crippen molar-refractivity contribution < 1.29 is 4.79 Å². The molecular weight excluding hydrogens is 284 g/mol. The maximum absolute atomic E-state index is 11.7. The standard InChI is InChI=1S/C10H14N6OS2/c1-10(2,3)7-14-16-9(19-7)13-6(17)4-18-8-11-5-12-15-8/h5H,4H2,1-3H3,(H,11,12,15)(H,13,16,17). The van der Waals surface area contributed by atoms with Gasteiger partial charge >= 0.3 is 0 Å². The van der Waals surface area contributed by atoms with Crippen molar-refractivity contribution in [2.75, 3.05) is 11.1 Å². The number of nitrogens with one attached hydrogen (secondary N) is 2. The van der Waals surface area contributed by atoms with Gasteiger partial charge in [0.2, 0.25) is 11.0 Å². The Balaban J connectivity index is 1.87. The number of nitrogens with zero attached hydrogens (tertiary/aromatic N) is 4. The molecule has 0 aromatic carbocycles. The van der Waals surface area contributed by atoms with Gasteiger partial charge in [-0.15, -0.1) is 10.2 Å². The van der Waals surface area contributed by atoms with Crippen LogP contribution in [0.3, 0.4) is 0 Å². The monoisotopic (exact) mass is 298 g/mol. The third kappa shape index (κ3) is 4.00. The van der Waals surface area contributed by atoms with Gasteiger partial charge in [0.05, 0.1) is 5.75 Å². The van der Waals surface area contributed by atoms with Crippen LogP contribution < -0.4 is 5.32 Å². The Labute approximate surface area is 118 Å². The van der Waals surface area contributed by atoms with Crippen LogP contribution in [0.2, 0.25) is 0 Å². The molecule has 0 aliphatic rings. The summed E-state index contributed by atoms with van der Waals surface area (Å²) in [6, 6.07) is 0. The molecule has 102 valence electrons. The number of anilines is 1. The molecule has 0 radical (unpaired) electrons. The van der Waals surface area contributed by atoms with Crippen molar-refractivity contribution in [3.8, 4) is 0 Å². The van der Waals surface area contributed by atoms with Gasteiger partial charge in [0, 0.05) is 5.41 Å². The molecule has 2 heterocycles. The Kier molecular flexibility index (Phi) is 4.15. The van der Waals surface area contributed by atoms with Crippen LogP contribution in [0.5, 0.6) is 0 Å². The number of H-pyrrole nitrogens is 1. The average molecular weight is 298 g/mol. The van der Waals surface area contributed by atoms with Gasteiger partial charge in [0.1, 0.15) is 11.3 Å². The normalized spacial score (nSPS) is 11.5. The van der Waals surface area contributed by atoms with E-state index < -0.39 is 0 Å². The Morgan fingerprint density at radius 3 is 2.84 bits per heavy atom. The lowest BCUT2D eigenvalue weighted by molar-refractivity contribution is -0.113. The number of hydrogen-bond donors (Lipinski definition) is 2. The van der Waals surface area contributed by atoms with Crippen LogP contribution >= 0.6 is 23.1 Å². The van der Waals surface area contributed by atoms with E-state index in [2.05, 4.69) is 51.5 Å². The van der Waals surface area contributed by atoms with Crippen LogP contribution in [0.1, 0.15) is 25.8 Å². The first-order chi connectivity index (χ1) is 8.95. The molecule has 0 bridgehead atoms. The first kappa shape index (κ1) is 13.9. The summed E-state index contributed by atoms with van der Waals surface area (Å²) in [4.78, 5) is 15.6. The van der Waals surface area contributed by atoms with Crippen molar-refractivity contribution in [1.29, 1.82) is 0 Å². The van der Waals surface area contributed by atoms with Gasteiger partial charge in [-0.2, -0.15) is 5.10 Å². The fourth-order valence-electron chi connectivity index (χ4n) is 1.13.